The lowest BCUT2D eigenvalue weighted by molar-refractivity contribution is 0.102. The highest BCUT2D eigenvalue weighted by Gasteiger charge is 2.09. The molecule has 2 aromatic heterocycles. The molecule has 0 fully saturated rings. The monoisotopic (exact) mass is 277 g/mol. The zero-order valence-corrected chi connectivity index (χ0v) is 11.7. The van der Waals surface area contributed by atoms with E-state index in [-0.39, 0.29) is 5.91 Å². The Morgan fingerprint density at radius 3 is 2.67 bits per heavy atom. The number of carbonyl (C=O) groups excluding carboxylic acids is 1. The van der Waals surface area contributed by atoms with Crippen LogP contribution in [0.2, 0.25) is 0 Å². The van der Waals surface area contributed by atoms with Crippen molar-refractivity contribution in [1.29, 1.82) is 0 Å². The van der Waals surface area contributed by atoms with Crippen LogP contribution in [-0.4, -0.2) is 15.5 Å². The first-order valence-corrected chi connectivity index (χ1v) is 6.70. The van der Waals surface area contributed by atoms with Gasteiger partial charge < -0.3 is 9.88 Å². The molecule has 1 amide bonds. The van der Waals surface area contributed by atoms with E-state index < -0.39 is 0 Å². The number of nitrogens with zero attached hydrogens (tertiary/aromatic N) is 2. The highest BCUT2D eigenvalue weighted by Crippen LogP contribution is 2.14. The standard InChI is InChI=1S/C17H15N3O/c1-13-6-5-9-18-16(13)19-17(21)14-7-4-8-15(12-14)20-10-2-3-11-20/h2-12H,1H3,(H,18,19,21). The molecular weight excluding hydrogens is 262 g/mol. The van der Waals surface area contributed by atoms with Crippen molar-refractivity contribution >= 4 is 11.7 Å². The highest BCUT2D eigenvalue weighted by molar-refractivity contribution is 6.04. The minimum absolute atomic E-state index is 0.161. The molecule has 0 radical (unpaired) electrons. The van der Waals surface area contributed by atoms with E-state index in [2.05, 4.69) is 10.3 Å². The molecule has 0 spiro atoms. The van der Waals surface area contributed by atoms with Crippen LogP contribution in [0.3, 0.4) is 0 Å². The van der Waals surface area contributed by atoms with Gasteiger partial charge in [-0.15, -0.1) is 0 Å². The first kappa shape index (κ1) is 13.1. The first-order valence-electron chi connectivity index (χ1n) is 6.70. The Morgan fingerprint density at radius 1 is 1.10 bits per heavy atom. The normalized spacial score (nSPS) is 10.3. The number of pyridine rings is 1. The molecule has 0 unspecified atom stereocenters. The molecule has 0 atom stereocenters. The summed E-state index contributed by atoms with van der Waals surface area (Å²) < 4.78 is 1.96. The fourth-order valence-corrected chi connectivity index (χ4v) is 2.11. The summed E-state index contributed by atoms with van der Waals surface area (Å²) in [7, 11) is 0. The smallest absolute Gasteiger partial charge is 0.256 e. The van der Waals surface area contributed by atoms with Gasteiger partial charge in [0.25, 0.3) is 5.91 Å². The van der Waals surface area contributed by atoms with Gasteiger partial charge in [-0.3, -0.25) is 4.79 Å². The quantitative estimate of drug-likeness (QED) is 0.797. The van der Waals surface area contributed by atoms with Crippen molar-refractivity contribution < 1.29 is 4.79 Å². The van der Waals surface area contributed by atoms with Crippen molar-refractivity contribution in [3.63, 3.8) is 0 Å². The summed E-state index contributed by atoms with van der Waals surface area (Å²) >= 11 is 0. The number of aryl methyl sites for hydroxylation is 1. The summed E-state index contributed by atoms with van der Waals surface area (Å²) in [6.45, 7) is 1.92. The Kier molecular flexibility index (Phi) is 3.51. The molecule has 1 N–H and O–H groups in total. The van der Waals surface area contributed by atoms with Crippen molar-refractivity contribution in [1.82, 2.24) is 9.55 Å². The highest BCUT2D eigenvalue weighted by atomic mass is 16.1. The van der Waals surface area contributed by atoms with Crippen LogP contribution in [0.15, 0.2) is 67.1 Å². The summed E-state index contributed by atoms with van der Waals surface area (Å²) in [5.41, 5.74) is 2.49. The molecular formula is C17H15N3O. The van der Waals surface area contributed by atoms with E-state index >= 15 is 0 Å². The third kappa shape index (κ3) is 2.84. The van der Waals surface area contributed by atoms with Gasteiger partial charge in [0.15, 0.2) is 0 Å². The molecule has 21 heavy (non-hydrogen) atoms. The average Bonchev–Trinajstić information content (AvgIpc) is 3.04. The maximum atomic E-state index is 12.3. The van der Waals surface area contributed by atoms with Gasteiger partial charge in [0, 0.05) is 29.8 Å². The third-order valence-electron chi connectivity index (χ3n) is 3.25. The molecule has 0 bridgehead atoms. The SMILES string of the molecule is Cc1cccnc1NC(=O)c1cccc(-n2cccc2)c1. The fraction of sp³-hybridized carbons (Fsp3) is 0.0588. The molecule has 3 rings (SSSR count). The fourth-order valence-electron chi connectivity index (χ4n) is 2.11. The molecule has 4 heteroatoms. The number of nitrogens with one attached hydrogen (secondary N) is 1. The maximum Gasteiger partial charge on any atom is 0.256 e. The lowest BCUT2D eigenvalue weighted by Crippen LogP contribution is -2.14. The van der Waals surface area contributed by atoms with Gasteiger partial charge in [0.2, 0.25) is 0 Å². The predicted molar refractivity (Wildman–Crippen MR) is 82.7 cm³/mol. The summed E-state index contributed by atoms with van der Waals surface area (Å²) in [6.07, 6.45) is 5.55. The van der Waals surface area contributed by atoms with E-state index in [0.717, 1.165) is 11.3 Å². The van der Waals surface area contributed by atoms with Gasteiger partial charge >= 0.3 is 0 Å². The molecule has 0 saturated carbocycles. The Morgan fingerprint density at radius 2 is 1.90 bits per heavy atom. The zero-order chi connectivity index (χ0) is 14.7. The minimum Gasteiger partial charge on any atom is -0.324 e. The van der Waals surface area contributed by atoms with Crippen molar-refractivity contribution in [2.45, 2.75) is 6.92 Å². The van der Waals surface area contributed by atoms with Gasteiger partial charge in [-0.25, -0.2) is 4.98 Å². The number of benzene rings is 1. The number of rotatable bonds is 3. The number of anilines is 1. The van der Waals surface area contributed by atoms with Gasteiger partial charge in [-0.05, 0) is 48.9 Å². The maximum absolute atomic E-state index is 12.3. The molecule has 3 aromatic rings. The van der Waals surface area contributed by atoms with E-state index in [1.807, 2.05) is 66.3 Å². The Bertz CT molecular complexity index is 763. The topological polar surface area (TPSA) is 46.9 Å². The summed E-state index contributed by atoms with van der Waals surface area (Å²) in [5, 5.41) is 2.84. The second-order valence-corrected chi connectivity index (χ2v) is 4.76. The van der Waals surface area contributed by atoms with Crippen molar-refractivity contribution in [2.24, 2.45) is 0 Å². The Hall–Kier alpha value is -2.88. The largest absolute Gasteiger partial charge is 0.324 e. The minimum atomic E-state index is -0.161. The van der Waals surface area contributed by atoms with Gasteiger partial charge in [-0.1, -0.05) is 12.1 Å². The van der Waals surface area contributed by atoms with Crippen molar-refractivity contribution in [3.05, 3.63) is 78.2 Å². The molecule has 0 saturated heterocycles. The number of hydrogen-bond acceptors (Lipinski definition) is 2. The predicted octanol–water partition coefficient (Wildman–Crippen LogP) is 3.43. The molecule has 4 nitrogen and oxygen atoms in total. The van der Waals surface area contributed by atoms with Crippen LogP contribution in [0.1, 0.15) is 15.9 Å². The Balaban J connectivity index is 1.85. The number of amides is 1. The summed E-state index contributed by atoms with van der Waals surface area (Å²) in [6, 6.07) is 15.1. The lowest BCUT2D eigenvalue weighted by Gasteiger charge is -2.08. The molecule has 2 heterocycles. The van der Waals surface area contributed by atoms with E-state index in [9.17, 15) is 4.79 Å². The summed E-state index contributed by atoms with van der Waals surface area (Å²) in [4.78, 5) is 16.5. The van der Waals surface area contributed by atoms with E-state index in [1.165, 1.54) is 0 Å². The Labute approximate surface area is 123 Å². The van der Waals surface area contributed by atoms with Crippen LogP contribution in [0, 0.1) is 6.92 Å². The second kappa shape index (κ2) is 5.63. The lowest BCUT2D eigenvalue weighted by atomic mass is 10.2. The van der Waals surface area contributed by atoms with E-state index in [4.69, 9.17) is 0 Å². The number of carbonyl (C=O) groups is 1. The van der Waals surface area contributed by atoms with Crippen molar-refractivity contribution in [3.8, 4) is 5.69 Å². The third-order valence-corrected chi connectivity index (χ3v) is 3.25. The molecule has 1 aromatic carbocycles. The van der Waals surface area contributed by atoms with Crippen molar-refractivity contribution in [2.75, 3.05) is 5.32 Å². The summed E-state index contributed by atoms with van der Waals surface area (Å²) in [5.74, 6) is 0.430. The number of aromatic nitrogens is 2. The number of hydrogen-bond donors (Lipinski definition) is 1. The van der Waals surface area contributed by atoms with Gasteiger partial charge in [0.05, 0.1) is 0 Å². The van der Waals surface area contributed by atoms with Crippen LogP contribution >= 0.6 is 0 Å². The van der Waals surface area contributed by atoms with Crippen LogP contribution in [-0.2, 0) is 0 Å². The van der Waals surface area contributed by atoms with Crippen LogP contribution in [0.5, 0.6) is 0 Å². The van der Waals surface area contributed by atoms with Gasteiger partial charge in [-0.2, -0.15) is 0 Å². The zero-order valence-electron chi connectivity index (χ0n) is 11.7. The van der Waals surface area contributed by atoms with Crippen LogP contribution < -0.4 is 5.32 Å². The van der Waals surface area contributed by atoms with Gasteiger partial charge in [0.1, 0.15) is 5.82 Å². The van der Waals surface area contributed by atoms with Crippen LogP contribution in [0.25, 0.3) is 5.69 Å². The first-order chi connectivity index (χ1) is 10.2. The van der Waals surface area contributed by atoms with Crippen LogP contribution in [0.4, 0.5) is 5.82 Å². The van der Waals surface area contributed by atoms with E-state index in [1.54, 1.807) is 12.3 Å². The van der Waals surface area contributed by atoms with E-state index in [0.29, 0.717) is 11.4 Å². The average molecular weight is 277 g/mol. The second-order valence-electron chi connectivity index (χ2n) is 4.76. The molecule has 0 aliphatic rings. The molecule has 0 aliphatic heterocycles. The molecule has 0 aliphatic carbocycles. The molecule has 104 valence electrons.